The molecule has 2 heterocycles. The van der Waals surface area contributed by atoms with E-state index in [1.54, 1.807) is 35.9 Å². The van der Waals surface area contributed by atoms with Gasteiger partial charge >= 0.3 is 0 Å². The number of ether oxygens (including phenoxy) is 1. The van der Waals surface area contributed by atoms with Crippen molar-refractivity contribution in [3.05, 3.63) is 94.0 Å². The second-order valence-electron chi connectivity index (χ2n) is 7.37. The third-order valence-electron chi connectivity index (χ3n) is 5.27. The minimum absolute atomic E-state index is 0.151. The summed E-state index contributed by atoms with van der Waals surface area (Å²) in [4.78, 5) is 29.7. The Labute approximate surface area is 189 Å². The van der Waals surface area contributed by atoms with Crippen molar-refractivity contribution in [2.24, 2.45) is 7.05 Å². The van der Waals surface area contributed by atoms with Crippen molar-refractivity contribution >= 4 is 23.5 Å². The average molecular weight is 452 g/mol. The first-order valence-corrected chi connectivity index (χ1v) is 11.1. The van der Waals surface area contributed by atoms with E-state index in [1.807, 2.05) is 24.3 Å². The van der Waals surface area contributed by atoms with Gasteiger partial charge in [0.2, 0.25) is 5.91 Å². The highest BCUT2D eigenvalue weighted by atomic mass is 32.2. The summed E-state index contributed by atoms with van der Waals surface area (Å²) in [7, 11) is 1.74. The predicted molar refractivity (Wildman–Crippen MR) is 123 cm³/mol. The van der Waals surface area contributed by atoms with Crippen molar-refractivity contribution in [2.75, 3.05) is 11.9 Å². The van der Waals surface area contributed by atoms with E-state index in [0.29, 0.717) is 40.2 Å². The number of benzene rings is 2. The third-order valence-corrected chi connectivity index (χ3v) is 6.34. The molecule has 3 aromatic rings. The molecule has 1 aliphatic heterocycles. The highest BCUT2D eigenvalue weighted by Gasteiger charge is 2.32. The van der Waals surface area contributed by atoms with Crippen molar-refractivity contribution < 1.29 is 13.9 Å². The molecule has 0 aliphatic carbocycles. The number of nitrogens with one attached hydrogen (secondary N) is 1. The van der Waals surface area contributed by atoms with Gasteiger partial charge in [-0.15, -0.1) is 0 Å². The van der Waals surface area contributed by atoms with Crippen LogP contribution in [0.3, 0.4) is 0 Å². The molecule has 0 saturated heterocycles. The number of carbonyl (C=O) groups excluding carboxylic acids is 1. The lowest BCUT2D eigenvalue weighted by molar-refractivity contribution is -0.116. The van der Waals surface area contributed by atoms with E-state index in [-0.39, 0.29) is 18.1 Å². The Hall–Kier alpha value is -3.39. The van der Waals surface area contributed by atoms with Crippen molar-refractivity contribution in [1.29, 1.82) is 0 Å². The molecule has 8 heteroatoms. The summed E-state index contributed by atoms with van der Waals surface area (Å²) >= 11 is 1.25. The number of hydrogen-bond donors (Lipinski definition) is 1. The predicted octanol–water partition coefficient (Wildman–Crippen LogP) is 4.25. The summed E-state index contributed by atoms with van der Waals surface area (Å²) in [6.45, 7) is 4.02. The van der Waals surface area contributed by atoms with Gasteiger partial charge in [0.15, 0.2) is 5.16 Å². The standard InChI is InChI=1S/C24H22FN3O3S/c1-3-12-31-17-10-8-15(9-11-17)18-13-20(29)26-22-21(18)23(30)27-24(28(22)2)32-14-16-6-4-5-7-19(16)25/h3-11,18H,1,12-14H2,2H3,(H,26,29). The van der Waals surface area contributed by atoms with Crippen LogP contribution in [-0.4, -0.2) is 22.1 Å². The molecule has 2 aromatic carbocycles. The highest BCUT2D eigenvalue weighted by Crippen LogP contribution is 2.36. The Bertz CT molecular complexity index is 1220. The first-order valence-electron chi connectivity index (χ1n) is 10.1. The minimum atomic E-state index is -0.413. The summed E-state index contributed by atoms with van der Waals surface area (Å²) in [5.74, 6) is 0.519. The second kappa shape index (κ2) is 9.40. The molecule has 0 spiro atoms. The fourth-order valence-electron chi connectivity index (χ4n) is 3.66. The highest BCUT2D eigenvalue weighted by molar-refractivity contribution is 7.98. The molecule has 32 heavy (non-hydrogen) atoms. The molecule has 0 fully saturated rings. The molecule has 164 valence electrons. The summed E-state index contributed by atoms with van der Waals surface area (Å²) < 4.78 is 21.2. The van der Waals surface area contributed by atoms with Gasteiger partial charge in [0.05, 0.1) is 5.56 Å². The fraction of sp³-hybridized carbons (Fsp3) is 0.208. The van der Waals surface area contributed by atoms with E-state index >= 15 is 0 Å². The fourth-order valence-corrected chi connectivity index (χ4v) is 4.61. The van der Waals surface area contributed by atoms with E-state index in [9.17, 15) is 14.0 Å². The van der Waals surface area contributed by atoms with E-state index in [0.717, 1.165) is 5.56 Å². The molecule has 1 aliphatic rings. The molecular weight excluding hydrogens is 429 g/mol. The van der Waals surface area contributed by atoms with Crippen molar-refractivity contribution in [3.8, 4) is 5.75 Å². The quantitative estimate of drug-likeness (QED) is 0.330. The topological polar surface area (TPSA) is 73.2 Å². The molecule has 1 atom stereocenters. The normalized spacial score (nSPS) is 15.1. The number of aromatic nitrogens is 2. The number of nitrogens with zero attached hydrogens (tertiary/aromatic N) is 2. The molecule has 1 unspecified atom stereocenters. The van der Waals surface area contributed by atoms with Crippen molar-refractivity contribution in [2.45, 2.75) is 23.2 Å². The molecule has 1 amide bonds. The van der Waals surface area contributed by atoms with Crippen LogP contribution in [-0.2, 0) is 17.6 Å². The monoisotopic (exact) mass is 451 g/mol. The molecule has 1 aromatic heterocycles. The van der Waals surface area contributed by atoms with Crippen LogP contribution in [0, 0.1) is 5.82 Å². The number of carbonyl (C=O) groups is 1. The lowest BCUT2D eigenvalue weighted by Crippen LogP contribution is -2.33. The number of hydrogen-bond acceptors (Lipinski definition) is 5. The largest absolute Gasteiger partial charge is 0.490 e. The number of thioether (sulfide) groups is 1. The van der Waals surface area contributed by atoms with Crippen molar-refractivity contribution in [1.82, 2.24) is 9.55 Å². The van der Waals surface area contributed by atoms with Crippen LogP contribution >= 0.6 is 11.8 Å². The third kappa shape index (κ3) is 4.45. The van der Waals surface area contributed by atoms with Crippen molar-refractivity contribution in [3.63, 3.8) is 0 Å². The zero-order valence-corrected chi connectivity index (χ0v) is 18.3. The number of amides is 1. The van der Waals surface area contributed by atoms with Crippen LogP contribution in [0.25, 0.3) is 0 Å². The molecule has 1 N–H and O–H groups in total. The Morgan fingerprint density at radius 1 is 1.25 bits per heavy atom. The maximum Gasteiger partial charge on any atom is 0.279 e. The van der Waals surface area contributed by atoms with Crippen LogP contribution in [0.5, 0.6) is 5.75 Å². The number of fused-ring (bicyclic) bond motifs is 1. The summed E-state index contributed by atoms with van der Waals surface area (Å²) in [5, 5.41) is 3.23. The SMILES string of the molecule is C=CCOc1ccc(C2CC(=O)Nc3c2c(=O)nc(SCc2ccccc2F)n3C)cc1. The van der Waals surface area contributed by atoms with Gasteiger partial charge in [-0.3, -0.25) is 9.59 Å². The summed E-state index contributed by atoms with van der Waals surface area (Å²) in [6, 6.07) is 13.8. The van der Waals surface area contributed by atoms with Gasteiger partial charge in [0.1, 0.15) is 24.0 Å². The average Bonchev–Trinajstić information content (AvgIpc) is 2.79. The van der Waals surface area contributed by atoms with Gasteiger partial charge in [0.25, 0.3) is 5.56 Å². The first-order chi connectivity index (χ1) is 15.5. The van der Waals surface area contributed by atoms with Gasteiger partial charge in [-0.2, -0.15) is 4.98 Å². The molecule has 6 nitrogen and oxygen atoms in total. The first kappa shape index (κ1) is 21.8. The molecule has 4 rings (SSSR count). The summed E-state index contributed by atoms with van der Waals surface area (Å²) in [6.07, 6.45) is 1.81. The molecule has 0 saturated carbocycles. The van der Waals surface area contributed by atoms with Crippen LogP contribution in [0.1, 0.15) is 29.0 Å². The Balaban J connectivity index is 1.66. The second-order valence-corrected chi connectivity index (χ2v) is 8.32. The van der Waals surface area contributed by atoms with Gasteiger partial charge in [-0.05, 0) is 29.3 Å². The Morgan fingerprint density at radius 3 is 2.72 bits per heavy atom. The molecule has 0 bridgehead atoms. The maximum atomic E-state index is 14.0. The molecular formula is C24H22FN3O3S. The van der Waals surface area contributed by atoms with Gasteiger partial charge in [-0.1, -0.05) is 54.7 Å². The van der Waals surface area contributed by atoms with Crippen LogP contribution in [0.15, 0.2) is 71.1 Å². The van der Waals surface area contributed by atoms with E-state index in [4.69, 9.17) is 4.74 Å². The Morgan fingerprint density at radius 2 is 2.00 bits per heavy atom. The summed E-state index contributed by atoms with van der Waals surface area (Å²) in [5.41, 5.74) is 1.40. The number of anilines is 1. The zero-order chi connectivity index (χ0) is 22.7. The lowest BCUT2D eigenvalue weighted by Gasteiger charge is -2.27. The van der Waals surface area contributed by atoms with Gasteiger partial charge < -0.3 is 14.6 Å². The lowest BCUT2D eigenvalue weighted by atomic mass is 9.87. The maximum absolute atomic E-state index is 14.0. The van der Waals surface area contributed by atoms with Crippen LogP contribution in [0.4, 0.5) is 10.2 Å². The van der Waals surface area contributed by atoms with E-state index in [1.165, 1.54) is 17.8 Å². The molecule has 0 radical (unpaired) electrons. The van der Waals surface area contributed by atoms with Gasteiger partial charge in [0, 0.05) is 25.1 Å². The number of halogens is 1. The van der Waals surface area contributed by atoms with Gasteiger partial charge in [-0.25, -0.2) is 4.39 Å². The number of rotatable bonds is 7. The van der Waals surface area contributed by atoms with Crippen LogP contribution in [0.2, 0.25) is 0 Å². The minimum Gasteiger partial charge on any atom is -0.490 e. The zero-order valence-electron chi connectivity index (χ0n) is 17.5. The van der Waals surface area contributed by atoms with E-state index < -0.39 is 11.5 Å². The van der Waals surface area contributed by atoms with Crippen LogP contribution < -0.4 is 15.6 Å². The Kier molecular flexibility index (Phi) is 6.41. The van der Waals surface area contributed by atoms with E-state index in [2.05, 4.69) is 16.9 Å². The smallest absolute Gasteiger partial charge is 0.279 e.